The molecule has 2 aliphatic heterocycles. The van der Waals surface area contributed by atoms with Crippen molar-refractivity contribution >= 4 is 47.5 Å². The molecule has 4 aromatic rings. The van der Waals surface area contributed by atoms with Crippen molar-refractivity contribution in [1.82, 2.24) is 15.0 Å². The van der Waals surface area contributed by atoms with Crippen LogP contribution in [-0.2, 0) is 33.0 Å². The van der Waals surface area contributed by atoms with Gasteiger partial charge in [-0.15, -0.1) is 5.10 Å². The van der Waals surface area contributed by atoms with Crippen LogP contribution in [0.3, 0.4) is 0 Å². The topological polar surface area (TPSA) is 130 Å². The Hall–Kier alpha value is -3.75. The molecule has 6 atom stereocenters. The molecule has 2 aliphatic rings. The quantitative estimate of drug-likeness (QED) is 0.129. The Morgan fingerprint density at radius 3 is 2.51 bits per heavy atom. The fraction of sp³-hybridized carbons (Fsp3) is 0.389. The minimum absolute atomic E-state index is 0.116. The minimum Gasteiger partial charge on any atom is -0.395 e. The van der Waals surface area contributed by atoms with Crippen molar-refractivity contribution < 1.29 is 28.6 Å². The number of aromatic nitrogens is 3. The van der Waals surface area contributed by atoms with E-state index in [-0.39, 0.29) is 25.0 Å². The van der Waals surface area contributed by atoms with E-state index in [1.54, 1.807) is 34.8 Å². The molecule has 13 heteroatoms. The minimum atomic E-state index is -3.37. The third-order valence-corrected chi connectivity index (χ3v) is 12.8. The van der Waals surface area contributed by atoms with Gasteiger partial charge in [-0.2, -0.15) is 0 Å². The molecule has 0 aliphatic carbocycles. The van der Waals surface area contributed by atoms with E-state index in [1.165, 1.54) is 6.92 Å². The smallest absolute Gasteiger partial charge is 0.264 e. The molecule has 49 heavy (non-hydrogen) atoms. The van der Waals surface area contributed by atoms with Gasteiger partial charge >= 0.3 is 0 Å². The summed E-state index contributed by atoms with van der Waals surface area (Å²) in [7, 11) is -3.37. The highest BCUT2D eigenvalue weighted by Crippen LogP contribution is 2.60. The standard InChI is InChI=1S/C36H41BrFN5O5Si/c1-22-33(49(3,4)38)32(16-17-42-20-30(40-41-42)28(21-44)25-8-6-5-7-9-25)48-36(22)29-18-26(37)12-15-31(29)43(35(36)47)19-24-10-13-27(14-11-24)39-34(46)23(2)45/h5-15,18,20,22-23,28,32-33,44-45H,16-17,19,21H2,1-4H3,(H,39,46)/t22-,23-,28?,32+,33-,36+/m0/s1. The van der Waals surface area contributed by atoms with Crippen molar-refractivity contribution in [1.29, 1.82) is 0 Å². The van der Waals surface area contributed by atoms with Gasteiger partial charge in [0.2, 0.25) is 8.41 Å². The number of nitrogens with one attached hydrogen (secondary N) is 1. The summed E-state index contributed by atoms with van der Waals surface area (Å²) in [5.41, 5.74) is 2.50. The number of rotatable bonds is 11. The Balaban J connectivity index is 1.26. The van der Waals surface area contributed by atoms with Crippen LogP contribution in [0.25, 0.3) is 0 Å². The molecule has 6 rings (SSSR count). The summed E-state index contributed by atoms with van der Waals surface area (Å²) in [6, 6.07) is 22.4. The van der Waals surface area contributed by atoms with Crippen molar-refractivity contribution in [2.24, 2.45) is 5.92 Å². The van der Waals surface area contributed by atoms with Gasteiger partial charge in [-0.05, 0) is 67.9 Å². The highest BCUT2D eigenvalue weighted by Gasteiger charge is 2.66. The molecule has 1 spiro atoms. The number of hydrogen-bond acceptors (Lipinski definition) is 7. The second kappa shape index (κ2) is 13.9. The normalized spacial score (nSPS) is 23.1. The van der Waals surface area contributed by atoms with Crippen molar-refractivity contribution in [2.75, 3.05) is 16.8 Å². The summed E-state index contributed by atoms with van der Waals surface area (Å²) >= 11 is 3.59. The van der Waals surface area contributed by atoms with E-state index < -0.39 is 43.6 Å². The number of aliphatic hydroxyl groups is 2. The van der Waals surface area contributed by atoms with E-state index >= 15 is 4.11 Å². The van der Waals surface area contributed by atoms with Gasteiger partial charge in [0.05, 0.1) is 36.6 Å². The Bertz CT molecular complexity index is 1820. The van der Waals surface area contributed by atoms with Gasteiger partial charge in [0.25, 0.3) is 11.8 Å². The summed E-state index contributed by atoms with van der Waals surface area (Å²) in [6.45, 7) is 7.22. The van der Waals surface area contributed by atoms with E-state index in [9.17, 15) is 19.8 Å². The first kappa shape index (κ1) is 35.1. The average molecular weight is 751 g/mol. The molecular formula is C36H41BrFN5O5Si. The van der Waals surface area contributed by atoms with Gasteiger partial charge in [0.1, 0.15) is 6.10 Å². The third-order valence-electron chi connectivity index (χ3n) is 9.80. The van der Waals surface area contributed by atoms with Gasteiger partial charge < -0.3 is 29.3 Å². The number of carbonyl (C=O) groups is 2. The summed E-state index contributed by atoms with van der Waals surface area (Å²) in [6.07, 6.45) is 0.542. The maximum absolute atomic E-state index is 16.3. The van der Waals surface area contributed by atoms with Crippen LogP contribution in [0.4, 0.5) is 15.5 Å². The van der Waals surface area contributed by atoms with Crippen LogP contribution in [0.2, 0.25) is 18.6 Å². The Labute approximate surface area is 294 Å². The monoisotopic (exact) mass is 749 g/mol. The zero-order valence-corrected chi connectivity index (χ0v) is 30.5. The zero-order valence-electron chi connectivity index (χ0n) is 27.9. The number of nitrogens with zero attached hydrogens (tertiary/aromatic N) is 4. The van der Waals surface area contributed by atoms with Crippen LogP contribution in [0, 0.1) is 5.92 Å². The molecule has 3 aromatic carbocycles. The van der Waals surface area contributed by atoms with Gasteiger partial charge in [-0.25, -0.2) is 0 Å². The van der Waals surface area contributed by atoms with Crippen LogP contribution in [0.15, 0.2) is 83.5 Å². The van der Waals surface area contributed by atoms with Crippen molar-refractivity contribution in [3.63, 3.8) is 0 Å². The lowest BCUT2D eigenvalue weighted by atomic mass is 9.82. The van der Waals surface area contributed by atoms with Crippen molar-refractivity contribution in [2.45, 2.75) is 75.7 Å². The molecule has 0 bridgehead atoms. The van der Waals surface area contributed by atoms with Crippen molar-refractivity contribution in [3.05, 3.63) is 106 Å². The van der Waals surface area contributed by atoms with Crippen LogP contribution >= 0.6 is 15.9 Å². The summed E-state index contributed by atoms with van der Waals surface area (Å²) in [5, 5.41) is 31.0. The molecule has 258 valence electrons. The predicted octanol–water partition coefficient (Wildman–Crippen LogP) is 5.90. The Morgan fingerprint density at radius 2 is 1.86 bits per heavy atom. The molecule has 10 nitrogen and oxygen atoms in total. The Kier molecular flexibility index (Phi) is 9.93. The number of benzene rings is 3. The highest BCUT2D eigenvalue weighted by molar-refractivity contribution is 9.10. The molecule has 3 N–H and O–H groups in total. The molecule has 1 saturated heterocycles. The number of carbonyl (C=O) groups excluding carboxylic acids is 2. The SMILES string of the molecule is C[C@H](O)C(=O)Nc1ccc(CN2C(=O)[C@]3(O[C@H](CCn4cc(C(CO)c5ccccc5)nn4)[C@@H]([Si](C)(C)F)[C@@H]3C)c3cc(Br)ccc32)cc1. The molecule has 0 radical (unpaired) electrons. The Morgan fingerprint density at radius 1 is 1.14 bits per heavy atom. The van der Waals surface area contributed by atoms with E-state index in [4.69, 9.17) is 4.74 Å². The van der Waals surface area contributed by atoms with Crippen molar-refractivity contribution in [3.8, 4) is 0 Å². The van der Waals surface area contributed by atoms with Crippen LogP contribution < -0.4 is 10.2 Å². The number of halogens is 2. The van der Waals surface area contributed by atoms with E-state index in [2.05, 4.69) is 31.6 Å². The molecule has 1 aromatic heterocycles. The van der Waals surface area contributed by atoms with E-state index in [0.29, 0.717) is 35.6 Å². The van der Waals surface area contributed by atoms with Crippen LogP contribution in [0.5, 0.6) is 0 Å². The van der Waals surface area contributed by atoms with Gasteiger partial charge in [-0.1, -0.05) is 70.5 Å². The lowest BCUT2D eigenvalue weighted by Gasteiger charge is -2.31. The number of aliphatic hydroxyl groups excluding tert-OH is 2. The fourth-order valence-electron chi connectivity index (χ4n) is 7.47. The first-order valence-corrected chi connectivity index (χ1v) is 20.2. The lowest BCUT2D eigenvalue weighted by Crippen LogP contribution is -2.45. The molecule has 1 unspecified atom stereocenters. The summed E-state index contributed by atoms with van der Waals surface area (Å²) in [5.74, 6) is -1.51. The van der Waals surface area contributed by atoms with Crippen LogP contribution in [-0.4, -0.2) is 64.2 Å². The largest absolute Gasteiger partial charge is 0.395 e. The fourth-order valence-corrected chi connectivity index (χ4v) is 10.4. The zero-order chi connectivity index (χ0) is 35.1. The molecular weight excluding hydrogens is 709 g/mol. The molecule has 0 saturated carbocycles. The number of anilines is 2. The second-order valence-electron chi connectivity index (χ2n) is 13.5. The maximum atomic E-state index is 16.3. The third kappa shape index (κ3) is 6.74. The number of aryl methyl sites for hydroxylation is 1. The number of amides is 2. The molecule has 1 fully saturated rings. The number of ether oxygens (including phenoxy) is 1. The maximum Gasteiger partial charge on any atom is 0.264 e. The predicted molar refractivity (Wildman–Crippen MR) is 190 cm³/mol. The van der Waals surface area contributed by atoms with Gasteiger partial charge in [0, 0.05) is 39.9 Å². The lowest BCUT2D eigenvalue weighted by molar-refractivity contribution is -0.146. The molecule has 2 amide bonds. The average Bonchev–Trinajstić information content (AvgIpc) is 3.72. The second-order valence-corrected chi connectivity index (χ2v) is 18.2. The first-order valence-electron chi connectivity index (χ1n) is 16.5. The van der Waals surface area contributed by atoms with E-state index in [0.717, 1.165) is 15.6 Å². The number of hydrogen-bond donors (Lipinski definition) is 3. The van der Waals surface area contributed by atoms with E-state index in [1.807, 2.05) is 73.8 Å². The highest BCUT2D eigenvalue weighted by atomic mass is 79.9. The van der Waals surface area contributed by atoms with Gasteiger partial charge in [0.15, 0.2) is 5.60 Å². The van der Waals surface area contributed by atoms with Crippen LogP contribution in [0.1, 0.15) is 48.6 Å². The summed E-state index contributed by atoms with van der Waals surface area (Å²) < 4.78 is 25.7. The van der Waals surface area contributed by atoms with Gasteiger partial charge in [-0.3, -0.25) is 14.3 Å². The first-order chi connectivity index (χ1) is 23.3. The summed E-state index contributed by atoms with van der Waals surface area (Å²) in [4.78, 5) is 28.3. The number of fused-ring (bicyclic) bond motifs is 2. The molecule has 3 heterocycles.